The summed E-state index contributed by atoms with van der Waals surface area (Å²) >= 11 is 0. The summed E-state index contributed by atoms with van der Waals surface area (Å²) < 4.78 is 44.9. The van der Waals surface area contributed by atoms with Crippen LogP contribution in [0.15, 0.2) is 42.6 Å². The first kappa shape index (κ1) is 15.2. The lowest BCUT2D eigenvalue weighted by molar-refractivity contribution is -0.143. The third kappa shape index (κ3) is 3.65. The van der Waals surface area contributed by atoms with Gasteiger partial charge in [0.15, 0.2) is 0 Å². The molecule has 0 bridgehead atoms. The van der Waals surface area contributed by atoms with Gasteiger partial charge >= 0.3 is 12.1 Å². The van der Waals surface area contributed by atoms with Crippen molar-refractivity contribution in [1.82, 2.24) is 4.57 Å². The Bertz CT molecular complexity index is 618. The normalized spacial score (nSPS) is 11.4. The third-order valence-corrected chi connectivity index (χ3v) is 2.89. The molecule has 0 fully saturated rings. The van der Waals surface area contributed by atoms with Gasteiger partial charge in [-0.2, -0.15) is 13.2 Å². The van der Waals surface area contributed by atoms with E-state index in [1.54, 1.807) is 37.3 Å². The van der Waals surface area contributed by atoms with Crippen LogP contribution in [0.4, 0.5) is 13.2 Å². The van der Waals surface area contributed by atoms with E-state index in [1.165, 1.54) is 6.20 Å². The molecule has 0 saturated heterocycles. The van der Waals surface area contributed by atoms with Gasteiger partial charge in [0.1, 0.15) is 5.69 Å². The van der Waals surface area contributed by atoms with Crippen LogP contribution in [-0.2, 0) is 17.5 Å². The number of ether oxygens (including phenoxy) is 1. The number of esters is 1. The molecule has 2 aromatic rings. The maximum absolute atomic E-state index is 13.0. The van der Waals surface area contributed by atoms with Gasteiger partial charge in [0.25, 0.3) is 0 Å². The van der Waals surface area contributed by atoms with Crippen LogP contribution in [-0.4, -0.2) is 17.1 Å². The maximum Gasteiger partial charge on any atom is 0.431 e. The van der Waals surface area contributed by atoms with E-state index in [1.807, 2.05) is 0 Å². The summed E-state index contributed by atoms with van der Waals surface area (Å²) in [4.78, 5) is 11.6. The van der Waals surface area contributed by atoms with Gasteiger partial charge in [-0.15, -0.1) is 0 Å². The number of aromatic nitrogens is 1. The Morgan fingerprint density at radius 1 is 1.24 bits per heavy atom. The first-order chi connectivity index (χ1) is 9.91. The Morgan fingerprint density at radius 3 is 2.48 bits per heavy atom. The molecule has 0 N–H and O–H groups in total. The fourth-order valence-corrected chi connectivity index (χ4v) is 1.99. The molecule has 0 atom stereocenters. The lowest BCUT2D eigenvalue weighted by Crippen LogP contribution is -2.13. The molecule has 0 aliphatic carbocycles. The topological polar surface area (TPSA) is 31.2 Å². The van der Waals surface area contributed by atoms with E-state index >= 15 is 0 Å². The predicted octanol–water partition coefficient (Wildman–Crippen LogP) is 3.73. The van der Waals surface area contributed by atoms with Gasteiger partial charge in [-0.05, 0) is 18.6 Å². The van der Waals surface area contributed by atoms with Crippen molar-refractivity contribution in [3.63, 3.8) is 0 Å². The quantitative estimate of drug-likeness (QED) is 0.805. The summed E-state index contributed by atoms with van der Waals surface area (Å²) in [7, 11) is 0. The van der Waals surface area contributed by atoms with Gasteiger partial charge in [-0.1, -0.05) is 30.3 Å². The predicted molar refractivity (Wildman–Crippen MR) is 70.9 cm³/mol. The smallest absolute Gasteiger partial charge is 0.431 e. The molecule has 1 aromatic carbocycles. The van der Waals surface area contributed by atoms with Crippen LogP contribution in [0.2, 0.25) is 0 Å². The Labute approximate surface area is 120 Å². The van der Waals surface area contributed by atoms with Gasteiger partial charge in [0.2, 0.25) is 0 Å². The second-order valence-corrected chi connectivity index (χ2v) is 4.45. The van der Waals surface area contributed by atoms with Crippen molar-refractivity contribution in [2.75, 3.05) is 6.61 Å². The lowest BCUT2D eigenvalue weighted by atomic mass is 10.2. The molecule has 1 heterocycles. The van der Waals surface area contributed by atoms with Crippen LogP contribution in [0, 0.1) is 0 Å². The Kier molecular flexibility index (Phi) is 4.35. The van der Waals surface area contributed by atoms with Crippen molar-refractivity contribution < 1.29 is 22.7 Å². The SMILES string of the molecule is CCOC(=O)c1cc(C(F)(F)F)n(Cc2ccccc2)c1. The minimum atomic E-state index is -4.53. The first-order valence-corrected chi connectivity index (χ1v) is 6.40. The zero-order valence-electron chi connectivity index (χ0n) is 11.4. The molecule has 0 unspecified atom stereocenters. The van der Waals surface area contributed by atoms with Crippen molar-refractivity contribution in [2.45, 2.75) is 19.6 Å². The minimum absolute atomic E-state index is 0.0368. The zero-order chi connectivity index (χ0) is 15.5. The summed E-state index contributed by atoms with van der Waals surface area (Å²) in [5.41, 5.74) is -0.247. The lowest BCUT2D eigenvalue weighted by Gasteiger charge is -2.11. The van der Waals surface area contributed by atoms with E-state index in [0.717, 1.165) is 10.6 Å². The molecule has 2 rings (SSSR count). The molecule has 0 spiro atoms. The molecular formula is C15H14F3NO2. The monoisotopic (exact) mass is 297 g/mol. The highest BCUT2D eigenvalue weighted by Crippen LogP contribution is 2.31. The molecular weight excluding hydrogens is 283 g/mol. The van der Waals surface area contributed by atoms with Crippen LogP contribution in [0.25, 0.3) is 0 Å². The molecule has 21 heavy (non-hydrogen) atoms. The van der Waals surface area contributed by atoms with E-state index in [0.29, 0.717) is 5.56 Å². The van der Waals surface area contributed by atoms with Crippen LogP contribution >= 0.6 is 0 Å². The third-order valence-electron chi connectivity index (χ3n) is 2.89. The molecule has 0 saturated carbocycles. The van der Waals surface area contributed by atoms with Crippen LogP contribution in [0.5, 0.6) is 0 Å². The molecule has 0 aliphatic rings. The zero-order valence-corrected chi connectivity index (χ0v) is 11.4. The fourth-order valence-electron chi connectivity index (χ4n) is 1.99. The molecule has 6 heteroatoms. The Hall–Kier alpha value is -2.24. The minimum Gasteiger partial charge on any atom is -0.462 e. The number of carbonyl (C=O) groups is 1. The summed E-state index contributed by atoms with van der Waals surface area (Å²) in [5, 5.41) is 0. The standard InChI is InChI=1S/C15H14F3NO2/c1-2-21-14(20)12-8-13(15(16,17)18)19(10-12)9-11-6-4-3-5-7-11/h3-8,10H,2,9H2,1H3. The van der Waals surface area contributed by atoms with Gasteiger partial charge in [0, 0.05) is 12.7 Å². The average molecular weight is 297 g/mol. The number of hydrogen-bond donors (Lipinski definition) is 0. The number of benzene rings is 1. The van der Waals surface area contributed by atoms with Crippen LogP contribution in [0.1, 0.15) is 28.5 Å². The van der Waals surface area contributed by atoms with Crippen molar-refractivity contribution in [2.24, 2.45) is 0 Å². The first-order valence-electron chi connectivity index (χ1n) is 6.40. The van der Waals surface area contributed by atoms with E-state index in [2.05, 4.69) is 0 Å². The molecule has 0 aliphatic heterocycles. The summed E-state index contributed by atoms with van der Waals surface area (Å²) in [6.07, 6.45) is -3.35. The van der Waals surface area contributed by atoms with Gasteiger partial charge < -0.3 is 9.30 Å². The number of halogens is 3. The second-order valence-electron chi connectivity index (χ2n) is 4.45. The fraction of sp³-hybridized carbons (Fsp3) is 0.267. The summed E-state index contributed by atoms with van der Waals surface area (Å²) in [5.74, 6) is -0.755. The molecule has 3 nitrogen and oxygen atoms in total. The molecule has 112 valence electrons. The van der Waals surface area contributed by atoms with Gasteiger partial charge in [-0.25, -0.2) is 4.79 Å². The highest BCUT2D eigenvalue weighted by molar-refractivity contribution is 5.89. The number of alkyl halides is 3. The molecule has 1 aromatic heterocycles. The van der Waals surface area contributed by atoms with Crippen molar-refractivity contribution in [3.8, 4) is 0 Å². The highest BCUT2D eigenvalue weighted by Gasteiger charge is 2.35. The highest BCUT2D eigenvalue weighted by atomic mass is 19.4. The molecule has 0 amide bonds. The van der Waals surface area contributed by atoms with E-state index in [-0.39, 0.29) is 18.7 Å². The van der Waals surface area contributed by atoms with E-state index in [4.69, 9.17) is 4.74 Å². The van der Waals surface area contributed by atoms with E-state index < -0.39 is 17.8 Å². The number of nitrogens with zero attached hydrogens (tertiary/aromatic N) is 1. The number of carbonyl (C=O) groups excluding carboxylic acids is 1. The summed E-state index contributed by atoms with van der Waals surface area (Å²) in [6.45, 7) is 1.75. The maximum atomic E-state index is 13.0. The van der Waals surface area contributed by atoms with Crippen molar-refractivity contribution in [1.29, 1.82) is 0 Å². The van der Waals surface area contributed by atoms with E-state index in [9.17, 15) is 18.0 Å². The van der Waals surface area contributed by atoms with Crippen LogP contribution < -0.4 is 0 Å². The van der Waals surface area contributed by atoms with Gasteiger partial charge in [0.05, 0.1) is 12.2 Å². The Balaban J connectivity index is 2.36. The summed E-state index contributed by atoms with van der Waals surface area (Å²) in [6, 6.07) is 9.56. The molecule has 0 radical (unpaired) electrons. The number of hydrogen-bond acceptors (Lipinski definition) is 2. The Morgan fingerprint density at radius 2 is 1.90 bits per heavy atom. The number of rotatable bonds is 4. The second kappa shape index (κ2) is 6.03. The van der Waals surface area contributed by atoms with Crippen LogP contribution in [0.3, 0.4) is 0 Å². The average Bonchev–Trinajstić information content (AvgIpc) is 2.84. The van der Waals surface area contributed by atoms with Gasteiger partial charge in [-0.3, -0.25) is 0 Å². The largest absolute Gasteiger partial charge is 0.462 e. The van der Waals surface area contributed by atoms with Crippen molar-refractivity contribution in [3.05, 3.63) is 59.4 Å². The van der Waals surface area contributed by atoms with Crippen molar-refractivity contribution >= 4 is 5.97 Å².